The molecule has 0 unspecified atom stereocenters. The molecule has 5 nitrogen and oxygen atoms in total. The van der Waals surface area contributed by atoms with Crippen LogP contribution in [0.15, 0.2) is 0 Å². The van der Waals surface area contributed by atoms with Gasteiger partial charge >= 0.3 is 5.97 Å². The van der Waals surface area contributed by atoms with E-state index < -0.39 is 5.97 Å². The standard InChI is InChI=1S/C3H5NO4/c1-3(6)8-4(7)2-5/h2,7H,1H3. The zero-order valence-corrected chi connectivity index (χ0v) is 4.20. The van der Waals surface area contributed by atoms with Gasteiger partial charge in [0.25, 0.3) is 6.41 Å². The predicted octanol–water partition coefficient (Wildman–Crippen LogP) is -0.688. The van der Waals surface area contributed by atoms with Crippen molar-refractivity contribution in [1.82, 2.24) is 5.23 Å². The quantitative estimate of drug-likeness (QED) is 0.297. The van der Waals surface area contributed by atoms with Crippen molar-refractivity contribution in [2.24, 2.45) is 0 Å². The highest BCUT2D eigenvalue weighted by Gasteiger charge is 1.97. The van der Waals surface area contributed by atoms with E-state index in [-0.39, 0.29) is 11.6 Å². The summed E-state index contributed by atoms with van der Waals surface area (Å²) >= 11 is 0. The van der Waals surface area contributed by atoms with Gasteiger partial charge in [-0.25, -0.2) is 4.79 Å². The number of carbonyl (C=O) groups excluding carboxylic acids is 2. The van der Waals surface area contributed by atoms with Gasteiger partial charge in [0.05, 0.1) is 0 Å². The second-order valence-electron chi connectivity index (χ2n) is 0.991. The Labute approximate surface area is 45.4 Å². The Hall–Kier alpha value is -1.10. The molecule has 0 spiro atoms. The number of rotatable bonds is 2. The highest BCUT2D eigenvalue weighted by Crippen LogP contribution is 1.77. The third-order valence-corrected chi connectivity index (χ3v) is 0.312. The van der Waals surface area contributed by atoms with Crippen LogP contribution in [-0.4, -0.2) is 22.8 Å². The minimum Gasteiger partial charge on any atom is -0.313 e. The Morgan fingerprint density at radius 2 is 2.38 bits per heavy atom. The Kier molecular flexibility index (Phi) is 2.57. The van der Waals surface area contributed by atoms with E-state index in [1.165, 1.54) is 0 Å². The Bertz CT molecular complexity index is 101. The fraction of sp³-hybridized carbons (Fsp3) is 0.333. The summed E-state index contributed by atoms with van der Waals surface area (Å²) in [7, 11) is 0. The van der Waals surface area contributed by atoms with Crippen molar-refractivity contribution in [3.05, 3.63) is 0 Å². The van der Waals surface area contributed by atoms with E-state index in [9.17, 15) is 9.59 Å². The number of amides is 1. The molecule has 5 heteroatoms. The number of carbonyl (C=O) groups is 2. The number of nitrogens with zero attached hydrogens (tertiary/aromatic N) is 1. The minimum atomic E-state index is -0.750. The average molecular weight is 119 g/mol. The fourth-order valence-corrected chi connectivity index (χ4v) is 0.153. The minimum absolute atomic E-state index is 0.0403. The first-order valence-corrected chi connectivity index (χ1v) is 1.78. The van der Waals surface area contributed by atoms with Gasteiger partial charge in [0.15, 0.2) is 0 Å². The van der Waals surface area contributed by atoms with Crippen molar-refractivity contribution in [1.29, 1.82) is 0 Å². The first kappa shape index (κ1) is 6.90. The Balaban J connectivity index is 3.38. The number of hydrogen-bond acceptors (Lipinski definition) is 4. The molecule has 0 aromatic carbocycles. The topological polar surface area (TPSA) is 66.8 Å². The van der Waals surface area contributed by atoms with Crippen molar-refractivity contribution in [3.63, 3.8) is 0 Å². The van der Waals surface area contributed by atoms with Gasteiger partial charge in [0.2, 0.25) is 0 Å². The fourth-order valence-electron chi connectivity index (χ4n) is 0.153. The van der Waals surface area contributed by atoms with Crippen LogP contribution in [0.4, 0.5) is 0 Å². The molecule has 0 aliphatic heterocycles. The van der Waals surface area contributed by atoms with Crippen LogP contribution in [0, 0.1) is 0 Å². The maximum Gasteiger partial charge on any atom is 0.332 e. The van der Waals surface area contributed by atoms with Crippen LogP contribution in [0.5, 0.6) is 0 Å². The molecule has 0 aliphatic carbocycles. The van der Waals surface area contributed by atoms with Gasteiger partial charge in [-0.3, -0.25) is 10.0 Å². The molecule has 0 rings (SSSR count). The molecule has 0 heterocycles. The number of hydroxylamine groups is 2. The van der Waals surface area contributed by atoms with Gasteiger partial charge in [0, 0.05) is 6.92 Å². The summed E-state index contributed by atoms with van der Waals surface area (Å²) in [6, 6.07) is 0. The maximum atomic E-state index is 9.83. The summed E-state index contributed by atoms with van der Waals surface area (Å²) in [4.78, 5) is 23.1. The second kappa shape index (κ2) is 2.98. The Morgan fingerprint density at radius 1 is 1.88 bits per heavy atom. The summed E-state index contributed by atoms with van der Waals surface area (Å²) in [5, 5.41) is 7.84. The molecule has 46 valence electrons. The molecule has 0 aromatic rings. The van der Waals surface area contributed by atoms with E-state index >= 15 is 0 Å². The Morgan fingerprint density at radius 3 is 2.50 bits per heavy atom. The molecule has 0 aliphatic rings. The lowest BCUT2D eigenvalue weighted by Crippen LogP contribution is -2.19. The van der Waals surface area contributed by atoms with Crippen LogP contribution in [0.1, 0.15) is 6.92 Å². The van der Waals surface area contributed by atoms with Crippen LogP contribution in [0.25, 0.3) is 0 Å². The largest absolute Gasteiger partial charge is 0.332 e. The molecule has 0 radical (unpaired) electrons. The molecule has 1 N–H and O–H groups in total. The monoisotopic (exact) mass is 119 g/mol. The molecular weight excluding hydrogens is 114 g/mol. The van der Waals surface area contributed by atoms with Gasteiger partial charge in [-0.2, -0.15) is 0 Å². The van der Waals surface area contributed by atoms with Crippen molar-refractivity contribution < 1.29 is 19.6 Å². The van der Waals surface area contributed by atoms with E-state index in [0.717, 1.165) is 6.92 Å². The molecule has 0 aromatic heterocycles. The zero-order chi connectivity index (χ0) is 6.57. The summed E-state index contributed by atoms with van der Waals surface area (Å²) < 4.78 is 0. The molecule has 0 fully saturated rings. The van der Waals surface area contributed by atoms with Crippen LogP contribution < -0.4 is 0 Å². The van der Waals surface area contributed by atoms with Crippen LogP contribution in [0.3, 0.4) is 0 Å². The molecule has 8 heavy (non-hydrogen) atoms. The second-order valence-corrected chi connectivity index (χ2v) is 0.991. The van der Waals surface area contributed by atoms with E-state index in [0.29, 0.717) is 0 Å². The highest BCUT2D eigenvalue weighted by molar-refractivity contribution is 5.66. The first-order valence-electron chi connectivity index (χ1n) is 1.78. The van der Waals surface area contributed by atoms with Crippen molar-refractivity contribution in [3.8, 4) is 0 Å². The van der Waals surface area contributed by atoms with E-state index in [1.54, 1.807) is 0 Å². The summed E-state index contributed by atoms with van der Waals surface area (Å²) in [6.45, 7) is 1.06. The van der Waals surface area contributed by atoms with Crippen LogP contribution >= 0.6 is 0 Å². The maximum absolute atomic E-state index is 9.83. The van der Waals surface area contributed by atoms with Crippen molar-refractivity contribution in [2.75, 3.05) is 0 Å². The predicted molar refractivity (Wildman–Crippen MR) is 21.5 cm³/mol. The molecule has 0 atom stereocenters. The first-order chi connectivity index (χ1) is 3.66. The normalized spacial score (nSPS) is 7.75. The highest BCUT2D eigenvalue weighted by atomic mass is 16.9. The summed E-state index contributed by atoms with van der Waals surface area (Å²) in [5.74, 6) is -0.750. The number of hydrogen-bond donors (Lipinski definition) is 1. The van der Waals surface area contributed by atoms with Crippen molar-refractivity contribution >= 4 is 12.4 Å². The van der Waals surface area contributed by atoms with Gasteiger partial charge in [-0.15, -0.1) is 0 Å². The van der Waals surface area contributed by atoms with Gasteiger partial charge in [-0.05, 0) is 5.23 Å². The van der Waals surface area contributed by atoms with Gasteiger partial charge < -0.3 is 4.84 Å². The van der Waals surface area contributed by atoms with Gasteiger partial charge in [0.1, 0.15) is 0 Å². The van der Waals surface area contributed by atoms with E-state index in [4.69, 9.17) is 5.21 Å². The summed E-state index contributed by atoms with van der Waals surface area (Å²) in [6.07, 6.45) is -0.0403. The smallest absolute Gasteiger partial charge is 0.313 e. The van der Waals surface area contributed by atoms with Crippen LogP contribution in [-0.2, 0) is 14.4 Å². The third-order valence-electron chi connectivity index (χ3n) is 0.312. The van der Waals surface area contributed by atoms with E-state index in [2.05, 4.69) is 4.84 Å². The third kappa shape index (κ3) is 3.10. The molecule has 0 bridgehead atoms. The average Bonchev–Trinajstić information content (AvgIpc) is 1.65. The molecular formula is C3H5NO4. The zero-order valence-electron chi connectivity index (χ0n) is 4.20. The SMILES string of the molecule is CC(=O)ON(O)C=O. The van der Waals surface area contributed by atoms with Gasteiger partial charge in [-0.1, -0.05) is 0 Å². The summed E-state index contributed by atoms with van der Waals surface area (Å²) in [5.41, 5.74) is 0. The van der Waals surface area contributed by atoms with E-state index in [1.807, 2.05) is 0 Å². The molecule has 0 saturated heterocycles. The lowest BCUT2D eigenvalue weighted by atomic mass is 10.8. The van der Waals surface area contributed by atoms with Crippen molar-refractivity contribution in [2.45, 2.75) is 6.92 Å². The van der Waals surface area contributed by atoms with Crippen LogP contribution in [0.2, 0.25) is 0 Å². The lowest BCUT2D eigenvalue weighted by Gasteiger charge is -2.03. The lowest BCUT2D eigenvalue weighted by molar-refractivity contribution is -0.286. The molecule has 0 saturated carbocycles. The molecule has 1 amide bonds.